The van der Waals surface area contributed by atoms with E-state index in [9.17, 15) is 0 Å². The molecule has 82 valence electrons. The molecule has 0 rings (SSSR count). The first-order valence-corrected chi connectivity index (χ1v) is 5.90. The highest BCUT2D eigenvalue weighted by Gasteiger charge is 2.22. The van der Waals surface area contributed by atoms with Crippen molar-refractivity contribution in [1.29, 1.82) is 0 Å². The normalized spacial score (nSPS) is 16.0. The smallest absolute Gasteiger partial charge is 0.0171 e. The molecule has 0 aliphatic rings. The van der Waals surface area contributed by atoms with Gasteiger partial charge in [0.25, 0.3) is 0 Å². The summed E-state index contributed by atoms with van der Waals surface area (Å²) < 4.78 is 0. The second-order valence-corrected chi connectivity index (χ2v) is 5.24. The van der Waals surface area contributed by atoms with E-state index < -0.39 is 0 Å². The van der Waals surface area contributed by atoms with Crippen LogP contribution in [0.3, 0.4) is 0 Å². The van der Waals surface area contributed by atoms with Crippen molar-refractivity contribution in [3.63, 3.8) is 0 Å². The van der Waals surface area contributed by atoms with Crippen molar-refractivity contribution in [3.05, 3.63) is 0 Å². The van der Waals surface area contributed by atoms with Gasteiger partial charge >= 0.3 is 0 Å². The zero-order valence-electron chi connectivity index (χ0n) is 10.6. The molecule has 2 atom stereocenters. The molecule has 0 heteroatoms. The second kappa shape index (κ2) is 6.12. The Morgan fingerprint density at radius 1 is 1.21 bits per heavy atom. The fraction of sp³-hybridized carbons (Fsp3) is 0.857. The van der Waals surface area contributed by atoms with Gasteiger partial charge in [0.05, 0.1) is 0 Å². The highest BCUT2D eigenvalue weighted by atomic mass is 14.3. The molecule has 0 aromatic heterocycles. The fourth-order valence-corrected chi connectivity index (χ4v) is 1.55. The van der Waals surface area contributed by atoms with Crippen LogP contribution in [0.5, 0.6) is 0 Å². The monoisotopic (exact) mass is 194 g/mol. The lowest BCUT2D eigenvalue weighted by atomic mass is 9.75. The third kappa shape index (κ3) is 4.70. The second-order valence-electron chi connectivity index (χ2n) is 5.24. The maximum atomic E-state index is 5.35. The first-order chi connectivity index (χ1) is 6.44. The minimum atomic E-state index is 0.451. The van der Waals surface area contributed by atoms with Crippen LogP contribution < -0.4 is 0 Å². The summed E-state index contributed by atoms with van der Waals surface area (Å²) in [6, 6.07) is 0. The van der Waals surface area contributed by atoms with Crippen LogP contribution in [-0.2, 0) is 0 Å². The van der Waals surface area contributed by atoms with Gasteiger partial charge in [-0.3, -0.25) is 0 Å². The number of hydrogen-bond acceptors (Lipinski definition) is 0. The lowest BCUT2D eigenvalue weighted by Gasteiger charge is -2.30. The molecule has 0 saturated heterocycles. The maximum absolute atomic E-state index is 5.35. The predicted octanol–water partition coefficient (Wildman–Crippen LogP) is 4.50. The van der Waals surface area contributed by atoms with Gasteiger partial charge in [0.2, 0.25) is 0 Å². The molecule has 0 N–H and O–H groups in total. The fourth-order valence-electron chi connectivity index (χ4n) is 1.55. The van der Waals surface area contributed by atoms with Crippen molar-refractivity contribution in [3.8, 4) is 12.3 Å². The van der Waals surface area contributed by atoms with Gasteiger partial charge in [-0.25, -0.2) is 0 Å². The van der Waals surface area contributed by atoms with Crippen LogP contribution in [0.1, 0.15) is 60.3 Å². The molecule has 14 heavy (non-hydrogen) atoms. The van der Waals surface area contributed by atoms with Crippen LogP contribution in [0, 0.1) is 29.6 Å². The molecular weight excluding hydrogens is 168 g/mol. The van der Waals surface area contributed by atoms with Crippen molar-refractivity contribution in [2.75, 3.05) is 0 Å². The number of terminal acetylenes is 1. The Kier molecular flexibility index (Phi) is 5.93. The van der Waals surface area contributed by atoms with Gasteiger partial charge in [-0.15, -0.1) is 12.3 Å². The average Bonchev–Trinajstić information content (AvgIpc) is 2.17. The predicted molar refractivity (Wildman–Crippen MR) is 65.1 cm³/mol. The van der Waals surface area contributed by atoms with Crippen molar-refractivity contribution in [2.45, 2.75) is 60.3 Å². The van der Waals surface area contributed by atoms with E-state index in [0.29, 0.717) is 11.3 Å². The summed E-state index contributed by atoms with van der Waals surface area (Å²) in [7, 11) is 0. The molecule has 0 heterocycles. The molecule has 0 saturated carbocycles. The first-order valence-electron chi connectivity index (χ1n) is 5.90. The summed E-state index contributed by atoms with van der Waals surface area (Å²) in [6.07, 6.45) is 10.4. The summed E-state index contributed by atoms with van der Waals surface area (Å²) in [5.74, 6) is 4.05. The Balaban J connectivity index is 3.75. The topological polar surface area (TPSA) is 0 Å². The highest BCUT2D eigenvalue weighted by Crippen LogP contribution is 2.33. The Morgan fingerprint density at radius 2 is 1.79 bits per heavy atom. The third-order valence-electron chi connectivity index (χ3n) is 3.80. The molecule has 0 aromatic rings. The molecule has 0 aromatic carbocycles. The van der Waals surface area contributed by atoms with E-state index in [1.54, 1.807) is 0 Å². The summed E-state index contributed by atoms with van der Waals surface area (Å²) in [5, 5.41) is 0. The van der Waals surface area contributed by atoms with Crippen LogP contribution in [0.4, 0.5) is 0 Å². The van der Waals surface area contributed by atoms with Gasteiger partial charge in [-0.1, -0.05) is 53.9 Å². The van der Waals surface area contributed by atoms with E-state index in [1.165, 1.54) is 25.7 Å². The van der Waals surface area contributed by atoms with Gasteiger partial charge in [0, 0.05) is 5.92 Å². The van der Waals surface area contributed by atoms with Gasteiger partial charge in [-0.05, 0) is 17.8 Å². The molecule has 0 fully saturated rings. The minimum Gasteiger partial charge on any atom is -0.120 e. The Morgan fingerprint density at radius 3 is 2.21 bits per heavy atom. The zero-order valence-corrected chi connectivity index (χ0v) is 10.6. The summed E-state index contributed by atoms with van der Waals surface area (Å²) in [4.78, 5) is 0. The molecule has 2 unspecified atom stereocenters. The molecule has 0 aliphatic carbocycles. The van der Waals surface area contributed by atoms with Gasteiger partial charge in [0.1, 0.15) is 0 Å². The summed E-state index contributed by atoms with van der Waals surface area (Å²) in [5.41, 5.74) is 0.485. The SMILES string of the molecule is C#CC(C)CCCC(C)C(C)(C)CC. The van der Waals surface area contributed by atoms with Crippen LogP contribution >= 0.6 is 0 Å². The molecular formula is C14H26. The Labute approximate surface area is 90.5 Å². The molecule has 0 amide bonds. The molecule has 0 spiro atoms. The number of rotatable bonds is 6. The zero-order chi connectivity index (χ0) is 11.2. The van der Waals surface area contributed by atoms with Crippen LogP contribution in [0.25, 0.3) is 0 Å². The maximum Gasteiger partial charge on any atom is 0.0171 e. The van der Waals surface area contributed by atoms with E-state index in [1.807, 2.05) is 0 Å². The van der Waals surface area contributed by atoms with E-state index in [4.69, 9.17) is 6.42 Å². The summed E-state index contributed by atoms with van der Waals surface area (Å²) >= 11 is 0. The summed E-state index contributed by atoms with van der Waals surface area (Å²) in [6.45, 7) is 11.5. The Hall–Kier alpha value is -0.440. The van der Waals surface area contributed by atoms with Gasteiger partial charge in [-0.2, -0.15) is 0 Å². The van der Waals surface area contributed by atoms with E-state index >= 15 is 0 Å². The lowest BCUT2D eigenvalue weighted by molar-refractivity contribution is 0.204. The quantitative estimate of drug-likeness (QED) is 0.546. The van der Waals surface area contributed by atoms with E-state index in [2.05, 4.69) is 40.5 Å². The minimum absolute atomic E-state index is 0.451. The van der Waals surface area contributed by atoms with Gasteiger partial charge in [0.15, 0.2) is 0 Å². The largest absolute Gasteiger partial charge is 0.120 e. The van der Waals surface area contributed by atoms with Crippen LogP contribution in [-0.4, -0.2) is 0 Å². The Bertz CT molecular complexity index is 183. The standard InChI is InChI=1S/C14H26/c1-7-12(3)10-9-11-13(4)14(5,6)8-2/h1,12-13H,8-11H2,2-6H3. The van der Waals surface area contributed by atoms with Crippen LogP contribution in [0.15, 0.2) is 0 Å². The van der Waals surface area contributed by atoms with Crippen molar-refractivity contribution in [2.24, 2.45) is 17.3 Å². The first kappa shape index (κ1) is 13.6. The molecule has 0 nitrogen and oxygen atoms in total. The van der Waals surface area contributed by atoms with Crippen molar-refractivity contribution >= 4 is 0 Å². The van der Waals surface area contributed by atoms with Crippen LogP contribution in [0.2, 0.25) is 0 Å². The van der Waals surface area contributed by atoms with E-state index in [0.717, 1.165) is 5.92 Å². The van der Waals surface area contributed by atoms with E-state index in [-0.39, 0.29) is 0 Å². The van der Waals surface area contributed by atoms with Gasteiger partial charge < -0.3 is 0 Å². The van der Waals surface area contributed by atoms with Crippen molar-refractivity contribution in [1.82, 2.24) is 0 Å². The lowest BCUT2D eigenvalue weighted by Crippen LogP contribution is -2.20. The molecule has 0 aliphatic heterocycles. The molecule has 0 radical (unpaired) electrons. The highest BCUT2D eigenvalue weighted by molar-refractivity contribution is 4.90. The number of hydrogen-bond donors (Lipinski definition) is 0. The molecule has 0 bridgehead atoms. The third-order valence-corrected chi connectivity index (χ3v) is 3.80. The average molecular weight is 194 g/mol. The van der Waals surface area contributed by atoms with Crippen molar-refractivity contribution < 1.29 is 0 Å².